The van der Waals surface area contributed by atoms with Gasteiger partial charge in [-0.2, -0.15) is 0 Å². The number of nitrogens with one attached hydrogen (secondary N) is 1. The number of benzene rings is 2. The Morgan fingerprint density at radius 2 is 1.71 bits per heavy atom. The van der Waals surface area contributed by atoms with Gasteiger partial charge in [-0.25, -0.2) is 0 Å². The van der Waals surface area contributed by atoms with E-state index >= 15 is 0 Å². The van der Waals surface area contributed by atoms with Crippen LogP contribution in [0.25, 0.3) is 11.1 Å². The summed E-state index contributed by atoms with van der Waals surface area (Å²) in [4.78, 5) is 16.7. The molecule has 1 atom stereocenters. The second-order valence-corrected chi connectivity index (χ2v) is 6.01. The molecule has 1 heterocycles. The van der Waals surface area contributed by atoms with Crippen molar-refractivity contribution in [2.24, 2.45) is 0 Å². The zero-order valence-corrected chi connectivity index (χ0v) is 14.0. The van der Waals surface area contributed by atoms with Crippen molar-refractivity contribution in [2.75, 3.05) is 0 Å². The molecular weight excluding hydrogens is 320 g/mol. The molecule has 0 radical (unpaired) electrons. The minimum atomic E-state index is -0.144. The van der Waals surface area contributed by atoms with E-state index in [4.69, 9.17) is 11.6 Å². The fourth-order valence-corrected chi connectivity index (χ4v) is 2.60. The first kappa shape index (κ1) is 16.2. The highest BCUT2D eigenvalue weighted by atomic mass is 35.5. The third kappa shape index (κ3) is 3.81. The molecule has 0 saturated heterocycles. The fourth-order valence-electron chi connectivity index (χ4n) is 2.47. The van der Waals surface area contributed by atoms with Crippen LogP contribution in [0.1, 0.15) is 28.9 Å². The number of aromatic nitrogens is 1. The molecule has 3 rings (SSSR count). The molecule has 1 N–H and O–H groups in total. The number of hydrogen-bond acceptors (Lipinski definition) is 2. The molecule has 1 unspecified atom stereocenters. The van der Waals surface area contributed by atoms with Crippen molar-refractivity contribution < 1.29 is 4.79 Å². The van der Waals surface area contributed by atoms with Crippen molar-refractivity contribution in [3.63, 3.8) is 0 Å². The molecule has 0 saturated carbocycles. The fraction of sp³-hybridized carbons (Fsp3) is 0.100. The average Bonchev–Trinajstić information content (AvgIpc) is 2.63. The van der Waals surface area contributed by atoms with E-state index in [1.807, 2.05) is 67.6 Å². The largest absolute Gasteiger partial charge is 0.345 e. The van der Waals surface area contributed by atoms with Gasteiger partial charge in [0, 0.05) is 23.0 Å². The summed E-state index contributed by atoms with van der Waals surface area (Å²) in [6.45, 7) is 1.96. The van der Waals surface area contributed by atoms with Gasteiger partial charge < -0.3 is 5.32 Å². The van der Waals surface area contributed by atoms with E-state index < -0.39 is 0 Å². The first-order chi connectivity index (χ1) is 11.6. The zero-order valence-electron chi connectivity index (χ0n) is 13.2. The van der Waals surface area contributed by atoms with Crippen LogP contribution in [0.2, 0.25) is 5.02 Å². The van der Waals surface area contributed by atoms with Crippen LogP contribution in [0.4, 0.5) is 0 Å². The molecule has 0 spiro atoms. The number of pyridine rings is 1. The van der Waals surface area contributed by atoms with Crippen LogP contribution < -0.4 is 5.32 Å². The van der Waals surface area contributed by atoms with Gasteiger partial charge in [0.1, 0.15) is 0 Å². The smallest absolute Gasteiger partial charge is 0.253 e. The Labute approximate surface area is 146 Å². The monoisotopic (exact) mass is 336 g/mol. The number of rotatable bonds is 4. The van der Waals surface area contributed by atoms with Gasteiger partial charge in [0.2, 0.25) is 0 Å². The Kier molecular flexibility index (Phi) is 4.92. The summed E-state index contributed by atoms with van der Waals surface area (Å²) in [7, 11) is 0. The number of carbonyl (C=O) groups is 1. The highest BCUT2D eigenvalue weighted by molar-refractivity contribution is 6.30. The van der Waals surface area contributed by atoms with Crippen molar-refractivity contribution >= 4 is 17.5 Å². The minimum absolute atomic E-state index is 0.0714. The van der Waals surface area contributed by atoms with E-state index in [1.54, 1.807) is 12.4 Å². The van der Waals surface area contributed by atoms with E-state index in [2.05, 4.69) is 10.3 Å². The zero-order chi connectivity index (χ0) is 16.9. The third-order valence-corrected chi connectivity index (χ3v) is 4.08. The number of carbonyl (C=O) groups excluding carboxylic acids is 1. The van der Waals surface area contributed by atoms with Crippen molar-refractivity contribution in [1.82, 2.24) is 10.3 Å². The molecule has 0 aliphatic rings. The van der Waals surface area contributed by atoms with Crippen LogP contribution >= 0.6 is 11.6 Å². The minimum Gasteiger partial charge on any atom is -0.345 e. The lowest BCUT2D eigenvalue weighted by molar-refractivity contribution is 0.0939. The molecule has 1 amide bonds. The van der Waals surface area contributed by atoms with Crippen LogP contribution in [0, 0.1) is 0 Å². The Hall–Kier alpha value is -2.65. The average molecular weight is 337 g/mol. The summed E-state index contributed by atoms with van der Waals surface area (Å²) in [6.07, 6.45) is 3.31. The first-order valence-electron chi connectivity index (χ1n) is 7.70. The van der Waals surface area contributed by atoms with E-state index in [0.29, 0.717) is 10.6 Å². The topological polar surface area (TPSA) is 42.0 Å². The molecular formula is C20H17ClN2O. The number of amides is 1. The number of halogens is 1. The predicted octanol–water partition coefficient (Wildman–Crippen LogP) is 4.89. The molecule has 2 aromatic carbocycles. The summed E-state index contributed by atoms with van der Waals surface area (Å²) in [6, 6.07) is 19.1. The number of hydrogen-bond donors (Lipinski definition) is 1. The first-order valence-corrected chi connectivity index (χ1v) is 8.08. The normalized spacial score (nSPS) is 11.8. The highest BCUT2D eigenvalue weighted by Crippen LogP contribution is 2.22. The molecule has 0 bridgehead atoms. The van der Waals surface area contributed by atoms with Crippen molar-refractivity contribution in [3.05, 3.63) is 89.2 Å². The summed E-state index contributed by atoms with van der Waals surface area (Å²) in [5.41, 5.74) is 3.45. The van der Waals surface area contributed by atoms with Crippen LogP contribution in [-0.4, -0.2) is 10.9 Å². The van der Waals surface area contributed by atoms with Crippen LogP contribution in [-0.2, 0) is 0 Å². The second kappa shape index (κ2) is 7.28. The molecule has 0 aliphatic heterocycles. The van der Waals surface area contributed by atoms with Crippen molar-refractivity contribution in [2.45, 2.75) is 13.0 Å². The van der Waals surface area contributed by atoms with E-state index in [0.717, 1.165) is 16.7 Å². The van der Waals surface area contributed by atoms with Gasteiger partial charge >= 0.3 is 0 Å². The third-order valence-electron chi connectivity index (χ3n) is 3.83. The van der Waals surface area contributed by atoms with Gasteiger partial charge in [-0.1, -0.05) is 54.1 Å². The molecule has 24 heavy (non-hydrogen) atoms. The molecule has 4 heteroatoms. The Morgan fingerprint density at radius 1 is 1.00 bits per heavy atom. The lowest BCUT2D eigenvalue weighted by Crippen LogP contribution is -2.26. The number of nitrogens with zero attached hydrogens (tertiary/aromatic N) is 1. The van der Waals surface area contributed by atoms with Crippen molar-refractivity contribution in [3.8, 4) is 11.1 Å². The summed E-state index contributed by atoms with van der Waals surface area (Å²) in [5, 5.41) is 3.68. The quantitative estimate of drug-likeness (QED) is 0.736. The van der Waals surface area contributed by atoms with Crippen LogP contribution in [0.15, 0.2) is 73.1 Å². The standard InChI is InChI=1S/C20H17ClN2O/c1-14(15-5-3-2-4-6-15)23-20(24)18-11-17(12-22-13-18)16-7-9-19(21)10-8-16/h2-14H,1H3,(H,23,24). The van der Waals surface area contributed by atoms with E-state index in [-0.39, 0.29) is 11.9 Å². The lowest BCUT2D eigenvalue weighted by Gasteiger charge is -2.14. The molecule has 3 nitrogen and oxygen atoms in total. The van der Waals surface area contributed by atoms with E-state index in [1.165, 1.54) is 0 Å². The summed E-state index contributed by atoms with van der Waals surface area (Å²) in [5.74, 6) is -0.144. The molecule has 0 aliphatic carbocycles. The lowest BCUT2D eigenvalue weighted by atomic mass is 10.1. The van der Waals surface area contributed by atoms with Gasteiger partial charge in [0.25, 0.3) is 5.91 Å². The maximum Gasteiger partial charge on any atom is 0.253 e. The molecule has 1 aromatic heterocycles. The Morgan fingerprint density at radius 3 is 2.42 bits per heavy atom. The summed E-state index contributed by atoms with van der Waals surface area (Å²) < 4.78 is 0. The van der Waals surface area contributed by atoms with Crippen LogP contribution in [0.3, 0.4) is 0 Å². The predicted molar refractivity (Wildman–Crippen MR) is 97.0 cm³/mol. The maximum atomic E-state index is 12.5. The SMILES string of the molecule is CC(NC(=O)c1cncc(-c2ccc(Cl)cc2)c1)c1ccccc1. The van der Waals surface area contributed by atoms with Crippen molar-refractivity contribution in [1.29, 1.82) is 0 Å². The second-order valence-electron chi connectivity index (χ2n) is 5.58. The van der Waals surface area contributed by atoms with Gasteiger partial charge in [-0.15, -0.1) is 0 Å². The molecule has 0 fully saturated rings. The van der Waals surface area contributed by atoms with E-state index in [9.17, 15) is 4.79 Å². The molecule has 3 aromatic rings. The highest BCUT2D eigenvalue weighted by Gasteiger charge is 2.12. The molecule has 120 valence electrons. The van der Waals surface area contributed by atoms with Gasteiger partial charge in [0.15, 0.2) is 0 Å². The van der Waals surface area contributed by atoms with Gasteiger partial charge in [-0.05, 0) is 36.2 Å². The van der Waals surface area contributed by atoms with Gasteiger partial charge in [-0.3, -0.25) is 9.78 Å². The summed E-state index contributed by atoms with van der Waals surface area (Å²) >= 11 is 5.92. The van der Waals surface area contributed by atoms with Gasteiger partial charge in [0.05, 0.1) is 11.6 Å². The Balaban J connectivity index is 1.78. The van der Waals surface area contributed by atoms with Crippen LogP contribution in [0.5, 0.6) is 0 Å². The Bertz CT molecular complexity index is 832. The maximum absolute atomic E-state index is 12.5.